The summed E-state index contributed by atoms with van der Waals surface area (Å²) in [5.74, 6) is -2.88. The number of likely N-dealkylation sites (tertiary alicyclic amines) is 1. The van der Waals surface area contributed by atoms with Crippen molar-refractivity contribution in [3.8, 4) is 28.1 Å². The molecule has 6 bridgehead atoms. The van der Waals surface area contributed by atoms with Crippen molar-refractivity contribution in [2.24, 2.45) is 17.3 Å². The lowest BCUT2D eigenvalue weighted by Crippen LogP contribution is -2.62. The zero-order valence-electron chi connectivity index (χ0n) is 42.6. The smallest absolute Gasteiger partial charge is 0.324 e. The van der Waals surface area contributed by atoms with Gasteiger partial charge in [0.05, 0.1) is 30.0 Å². The van der Waals surface area contributed by atoms with Crippen LogP contribution >= 0.6 is 0 Å². The zero-order chi connectivity index (χ0) is 50.8. The summed E-state index contributed by atoms with van der Waals surface area (Å²) < 4.78 is 14.4. The quantitative estimate of drug-likeness (QED) is 0.112. The van der Waals surface area contributed by atoms with Gasteiger partial charge in [-0.3, -0.25) is 34.0 Å². The Bertz CT molecular complexity index is 2640. The van der Waals surface area contributed by atoms with E-state index < -0.39 is 47.2 Å². The third-order valence-corrected chi connectivity index (χ3v) is 14.0. The van der Waals surface area contributed by atoms with Crippen LogP contribution < -0.4 is 10.7 Å². The minimum absolute atomic E-state index is 0.0143. The first-order valence-electron chi connectivity index (χ1n) is 24.6. The maximum Gasteiger partial charge on any atom is 0.324 e. The number of nitrogens with one attached hydrogen (secondary N) is 2. The Balaban J connectivity index is 1.33. The Kier molecular flexibility index (Phi) is 15.9. The Hall–Kier alpha value is -6.10. The van der Waals surface area contributed by atoms with Gasteiger partial charge in [-0.2, -0.15) is 0 Å². The monoisotopic (exact) mass is 961 g/mol. The van der Waals surface area contributed by atoms with Crippen molar-refractivity contribution < 1.29 is 38.6 Å². The van der Waals surface area contributed by atoms with Crippen LogP contribution in [0.2, 0.25) is 0 Å². The van der Waals surface area contributed by atoms with Crippen molar-refractivity contribution in [1.82, 2.24) is 40.0 Å². The van der Waals surface area contributed by atoms with Crippen LogP contribution in [0.1, 0.15) is 89.3 Å². The number of rotatable bonds is 12. The van der Waals surface area contributed by atoms with Gasteiger partial charge in [0.2, 0.25) is 17.7 Å². The number of likely N-dealkylation sites (N-methyl/N-ethyl adjacent to an activating group) is 1. The highest BCUT2D eigenvalue weighted by Crippen LogP contribution is 2.43. The van der Waals surface area contributed by atoms with Gasteiger partial charge in [-0.25, -0.2) is 5.43 Å². The Labute approximate surface area is 412 Å². The molecule has 5 heterocycles. The number of aromatic hydroxyl groups is 1. The van der Waals surface area contributed by atoms with Gasteiger partial charge >= 0.3 is 5.97 Å². The molecule has 2 aromatic heterocycles. The average Bonchev–Trinajstić information content (AvgIpc) is 3.94. The highest BCUT2D eigenvalue weighted by atomic mass is 16.5. The van der Waals surface area contributed by atoms with E-state index in [1.807, 2.05) is 53.2 Å². The second-order valence-electron chi connectivity index (χ2n) is 20.7. The van der Waals surface area contributed by atoms with Crippen LogP contribution in [-0.4, -0.2) is 137 Å². The number of ether oxygens (including phenoxy) is 2. The first kappa shape index (κ1) is 51.7. The molecule has 3 aliphatic heterocycles. The molecule has 16 nitrogen and oxygen atoms in total. The second kappa shape index (κ2) is 21.5. The molecular weight excluding hydrogens is 889 g/mol. The summed E-state index contributed by atoms with van der Waals surface area (Å²) in [7, 11) is 7.33. The van der Waals surface area contributed by atoms with E-state index in [4.69, 9.17) is 14.5 Å². The molecule has 70 heavy (non-hydrogen) atoms. The van der Waals surface area contributed by atoms with Crippen LogP contribution in [0.4, 0.5) is 0 Å². The fraction of sp³-hybridized carbons (Fsp3) is 0.519. The second-order valence-corrected chi connectivity index (χ2v) is 20.7. The number of fused-ring (bicyclic) bond motifs is 6. The molecule has 7 rings (SSSR count). The summed E-state index contributed by atoms with van der Waals surface area (Å²) >= 11 is 0. The molecule has 4 amide bonds. The Morgan fingerprint density at radius 3 is 2.50 bits per heavy atom. The van der Waals surface area contributed by atoms with E-state index in [0.717, 1.165) is 44.5 Å². The molecule has 2 saturated heterocycles. The van der Waals surface area contributed by atoms with Gasteiger partial charge < -0.3 is 39.2 Å². The lowest BCUT2D eigenvalue weighted by molar-refractivity contribution is -0.155. The van der Waals surface area contributed by atoms with Crippen LogP contribution in [0.15, 0.2) is 61.3 Å². The number of hydrogen-bond donors (Lipinski definition) is 3. The van der Waals surface area contributed by atoms with Crippen LogP contribution in [0, 0.1) is 17.3 Å². The number of methoxy groups -OCH3 is 1. The lowest BCUT2D eigenvalue weighted by Gasteiger charge is -2.37. The highest BCUT2D eigenvalue weighted by molar-refractivity contribution is 5.96. The fourth-order valence-electron chi connectivity index (χ4n) is 10.5. The number of phenols is 1. The van der Waals surface area contributed by atoms with Crippen LogP contribution in [0.25, 0.3) is 33.3 Å². The molecule has 0 aliphatic carbocycles. The van der Waals surface area contributed by atoms with Crippen molar-refractivity contribution >= 4 is 40.5 Å². The number of hydrogen-bond acceptors (Lipinski definition) is 11. The fourth-order valence-corrected chi connectivity index (χ4v) is 10.5. The van der Waals surface area contributed by atoms with E-state index in [2.05, 4.69) is 65.8 Å². The minimum atomic E-state index is -1.17. The van der Waals surface area contributed by atoms with Crippen molar-refractivity contribution in [1.29, 1.82) is 0 Å². The Morgan fingerprint density at radius 1 is 1.06 bits per heavy atom. The third kappa shape index (κ3) is 11.1. The number of aryl methyl sites for hydroxylation is 1. The van der Waals surface area contributed by atoms with Gasteiger partial charge in [-0.05, 0) is 124 Å². The average molecular weight is 961 g/mol. The van der Waals surface area contributed by atoms with Crippen molar-refractivity contribution in [2.45, 2.75) is 111 Å². The van der Waals surface area contributed by atoms with Gasteiger partial charge in [0.25, 0.3) is 5.91 Å². The van der Waals surface area contributed by atoms with E-state index in [0.29, 0.717) is 56.4 Å². The van der Waals surface area contributed by atoms with Crippen LogP contribution in [-0.2, 0) is 59.4 Å². The molecule has 5 atom stereocenters. The van der Waals surface area contributed by atoms with E-state index in [1.54, 1.807) is 31.2 Å². The summed E-state index contributed by atoms with van der Waals surface area (Å²) in [6.07, 6.45) is 4.73. The molecule has 4 aromatic rings. The maximum atomic E-state index is 14.8. The van der Waals surface area contributed by atoms with Crippen LogP contribution in [0.3, 0.4) is 0 Å². The molecule has 2 aromatic carbocycles. The largest absolute Gasteiger partial charge is 0.508 e. The van der Waals surface area contributed by atoms with Crippen molar-refractivity contribution in [3.63, 3.8) is 0 Å². The number of phenolic OH excluding ortho intramolecular Hbond substituents is 1. The molecule has 0 unspecified atom stereocenters. The number of hydrazine groups is 1. The molecule has 3 N–H and O–H groups in total. The number of nitrogens with zero attached hydrogens (tertiary/aromatic N) is 6. The number of pyridine rings is 1. The third-order valence-electron chi connectivity index (χ3n) is 14.0. The van der Waals surface area contributed by atoms with E-state index >= 15 is 0 Å². The summed E-state index contributed by atoms with van der Waals surface area (Å²) in [4.78, 5) is 79.8. The standard InChI is InChI=1S/C54H72N8O8/c1-12-46(64)60-20-18-37(30-60)51(66)59(10)48(32(3)4)50(65)56-44-24-34-21-38(25-39(63)22-34)36-16-17-45-40(26-36)42(27-54(6,7)31-70-53(68)43-15-14-19-62(57-43)52(44)67)49(61(45)13-2)41-23-35(29-58(8)9)28-55-47(41)33(5)69-11/h12,16-17,21-23,25-26,28,32-33,37,43-44,48,57,63H,1,13-15,18-20,24,27,29-31H2,2-11H3,(H,56,65)/t33-,37-,43-,44-,48-/m0/s1. The number of amides is 4. The number of benzene rings is 2. The topological polar surface area (TPSA) is 179 Å². The molecular formula is C54H72N8O8. The molecule has 3 aliphatic rings. The normalized spacial score (nSPS) is 20.5. The van der Waals surface area contributed by atoms with Crippen molar-refractivity contribution in [2.75, 3.05) is 54.5 Å². The van der Waals surface area contributed by atoms with Crippen LogP contribution in [0.5, 0.6) is 5.75 Å². The van der Waals surface area contributed by atoms with Crippen molar-refractivity contribution in [3.05, 3.63) is 83.7 Å². The maximum absolute atomic E-state index is 14.8. The first-order valence-corrected chi connectivity index (χ1v) is 24.6. The minimum Gasteiger partial charge on any atom is -0.508 e. The first-order chi connectivity index (χ1) is 33.2. The number of cyclic esters (lactones) is 1. The SMILES string of the molecule is C=CC(=O)N1CC[C@H](C(=O)N(C)[C@H](C(=O)N[C@H]2Cc3cc(O)cc(c3)-c3ccc4c(c3)c(c(-c3cc(CN(C)C)cnc3[C@H](C)OC)n4CC)CC(C)(C)COC(=O)[C@@H]3CCCN(N3)C2=O)C(C)C)C1. The number of carbonyl (C=O) groups is 5. The molecule has 0 radical (unpaired) electrons. The van der Waals surface area contributed by atoms with E-state index in [9.17, 15) is 29.1 Å². The summed E-state index contributed by atoms with van der Waals surface area (Å²) in [5.41, 5.74) is 10.6. The highest BCUT2D eigenvalue weighted by Gasteiger charge is 2.40. The van der Waals surface area contributed by atoms with Gasteiger partial charge in [-0.15, -0.1) is 0 Å². The molecule has 0 saturated carbocycles. The predicted molar refractivity (Wildman–Crippen MR) is 269 cm³/mol. The Morgan fingerprint density at radius 2 is 1.81 bits per heavy atom. The molecule has 376 valence electrons. The zero-order valence-corrected chi connectivity index (χ0v) is 42.6. The summed E-state index contributed by atoms with van der Waals surface area (Å²) in [6, 6.07) is 10.7. The van der Waals surface area contributed by atoms with Gasteiger partial charge in [-0.1, -0.05) is 46.4 Å². The van der Waals surface area contributed by atoms with Gasteiger partial charge in [0.15, 0.2) is 0 Å². The molecule has 16 heteroatoms. The summed E-state index contributed by atoms with van der Waals surface area (Å²) in [6.45, 7) is 17.9. The van der Waals surface area contributed by atoms with Gasteiger partial charge in [0, 0.05) is 81.4 Å². The predicted octanol–water partition coefficient (Wildman–Crippen LogP) is 6.03. The number of aromatic nitrogens is 2. The number of esters is 1. The van der Waals surface area contributed by atoms with Gasteiger partial charge in [0.1, 0.15) is 23.9 Å². The lowest BCUT2D eigenvalue weighted by atomic mass is 9.84. The molecule has 0 spiro atoms. The van der Waals surface area contributed by atoms with E-state index in [1.165, 1.54) is 16.0 Å². The van der Waals surface area contributed by atoms with E-state index in [-0.39, 0.29) is 55.7 Å². The number of carbonyl (C=O) groups excluding carboxylic acids is 5. The summed E-state index contributed by atoms with van der Waals surface area (Å²) in [5, 5.41) is 16.8. The molecule has 2 fully saturated rings.